The smallest absolute Gasteiger partial charge is 0.124 e. The first-order valence-corrected chi connectivity index (χ1v) is 13.4. The highest BCUT2D eigenvalue weighted by Crippen LogP contribution is 2.33. The maximum atomic E-state index is 14.1. The molecule has 1 aliphatic carbocycles. The van der Waals surface area contributed by atoms with Gasteiger partial charge in [0.15, 0.2) is 0 Å². The van der Waals surface area contributed by atoms with Crippen molar-refractivity contribution < 1.29 is 4.39 Å². The van der Waals surface area contributed by atoms with E-state index in [1.165, 1.54) is 31.4 Å². The minimum Gasteiger partial charge on any atom is -0.358 e. The van der Waals surface area contributed by atoms with Crippen LogP contribution in [0.3, 0.4) is 0 Å². The molecule has 6 rings (SSSR count). The van der Waals surface area contributed by atoms with Gasteiger partial charge in [0.1, 0.15) is 11.5 Å². The van der Waals surface area contributed by atoms with Gasteiger partial charge in [-0.2, -0.15) is 5.10 Å². The number of nitrogens with one attached hydrogen (secondary N) is 3. The number of aromatic nitrogens is 5. The standard InChI is InChI=1S/C33H31FN6/c1-19-10-24(12-26(34)11-19)29-17-36-18-32-28(29)14-31(38-32)33-21(3)30(39-40-33)9-8-20(2)25-13-27(16-35-15-25)37-22(4)23-6-5-7-23/h8-18,23,37-39H,3-7H2,1-2H3/b20-8+,30-9+. The molecule has 3 N–H and O–H groups in total. The van der Waals surface area contributed by atoms with Crippen molar-refractivity contribution in [3.05, 3.63) is 101 Å². The lowest BCUT2D eigenvalue weighted by Crippen LogP contribution is -2.21. The lowest BCUT2D eigenvalue weighted by atomic mass is 9.83. The van der Waals surface area contributed by atoms with E-state index in [2.05, 4.69) is 56.6 Å². The average molecular weight is 531 g/mol. The third kappa shape index (κ3) is 4.98. The van der Waals surface area contributed by atoms with Crippen LogP contribution in [0.2, 0.25) is 0 Å². The predicted octanol–water partition coefficient (Wildman–Crippen LogP) is 6.48. The molecule has 1 aliphatic rings. The molecule has 0 saturated heterocycles. The van der Waals surface area contributed by atoms with Crippen LogP contribution >= 0.6 is 0 Å². The summed E-state index contributed by atoms with van der Waals surface area (Å²) >= 11 is 0. The number of anilines is 1. The molecule has 0 unspecified atom stereocenters. The summed E-state index contributed by atoms with van der Waals surface area (Å²) in [5.74, 6) is 0.292. The maximum Gasteiger partial charge on any atom is 0.124 e. The molecule has 0 aliphatic heterocycles. The number of fused-ring (bicyclic) bond motifs is 1. The highest BCUT2D eigenvalue weighted by molar-refractivity contribution is 5.97. The van der Waals surface area contributed by atoms with Crippen LogP contribution in [0.15, 0.2) is 73.5 Å². The van der Waals surface area contributed by atoms with Crippen molar-refractivity contribution in [2.45, 2.75) is 33.1 Å². The highest BCUT2D eigenvalue weighted by Gasteiger charge is 2.20. The largest absolute Gasteiger partial charge is 0.358 e. The molecule has 0 radical (unpaired) electrons. The van der Waals surface area contributed by atoms with Gasteiger partial charge in [-0.25, -0.2) is 4.39 Å². The van der Waals surface area contributed by atoms with E-state index in [9.17, 15) is 4.39 Å². The van der Waals surface area contributed by atoms with Gasteiger partial charge in [-0.1, -0.05) is 31.7 Å². The summed E-state index contributed by atoms with van der Waals surface area (Å²) in [6, 6.07) is 9.12. The summed E-state index contributed by atoms with van der Waals surface area (Å²) in [5, 5.41) is 13.6. The number of H-pyrrole nitrogens is 2. The van der Waals surface area contributed by atoms with Crippen LogP contribution in [-0.2, 0) is 0 Å². The third-order valence-corrected chi connectivity index (χ3v) is 7.65. The highest BCUT2D eigenvalue weighted by atomic mass is 19.1. The summed E-state index contributed by atoms with van der Waals surface area (Å²) in [6.45, 7) is 12.4. The first-order valence-electron chi connectivity index (χ1n) is 13.4. The van der Waals surface area contributed by atoms with Gasteiger partial charge >= 0.3 is 0 Å². The number of nitrogens with zero attached hydrogens (tertiary/aromatic N) is 3. The van der Waals surface area contributed by atoms with E-state index >= 15 is 0 Å². The fraction of sp³-hybridized carbons (Fsp3) is 0.182. The Morgan fingerprint density at radius 3 is 2.67 bits per heavy atom. The molecule has 0 spiro atoms. The molecule has 6 nitrogen and oxygen atoms in total. The fourth-order valence-corrected chi connectivity index (χ4v) is 5.11. The van der Waals surface area contributed by atoms with Crippen LogP contribution in [-0.4, -0.2) is 25.1 Å². The van der Waals surface area contributed by atoms with E-state index in [1.54, 1.807) is 12.4 Å². The van der Waals surface area contributed by atoms with Crippen molar-refractivity contribution >= 4 is 34.8 Å². The number of pyridine rings is 2. The van der Waals surface area contributed by atoms with Crippen LogP contribution < -0.4 is 15.9 Å². The molecule has 7 heteroatoms. The number of benzene rings is 1. The zero-order chi connectivity index (χ0) is 27.8. The minimum absolute atomic E-state index is 0.267. The van der Waals surface area contributed by atoms with E-state index in [1.807, 2.05) is 43.6 Å². The van der Waals surface area contributed by atoms with Gasteiger partial charge in [0, 0.05) is 34.3 Å². The van der Waals surface area contributed by atoms with Gasteiger partial charge < -0.3 is 10.3 Å². The first kappa shape index (κ1) is 25.5. The van der Waals surface area contributed by atoms with Crippen molar-refractivity contribution in [1.29, 1.82) is 0 Å². The molecular formula is C33H31FN6. The minimum atomic E-state index is -0.267. The number of aromatic amines is 2. The summed E-state index contributed by atoms with van der Waals surface area (Å²) in [4.78, 5) is 12.2. The van der Waals surface area contributed by atoms with Crippen LogP contribution in [0.25, 0.3) is 51.6 Å². The summed E-state index contributed by atoms with van der Waals surface area (Å²) < 4.78 is 14.1. The average Bonchev–Trinajstić information content (AvgIpc) is 3.48. The van der Waals surface area contributed by atoms with Crippen LogP contribution in [0.1, 0.15) is 37.3 Å². The molecule has 40 heavy (non-hydrogen) atoms. The zero-order valence-corrected chi connectivity index (χ0v) is 22.7. The maximum absolute atomic E-state index is 14.1. The number of aryl methyl sites for hydroxylation is 1. The molecule has 1 aromatic carbocycles. The second-order valence-corrected chi connectivity index (χ2v) is 10.6. The monoisotopic (exact) mass is 530 g/mol. The number of allylic oxidation sites excluding steroid dienone is 3. The van der Waals surface area contributed by atoms with Gasteiger partial charge in [0.25, 0.3) is 0 Å². The Labute approximate surface area is 232 Å². The molecule has 0 atom stereocenters. The fourth-order valence-electron chi connectivity index (χ4n) is 5.11. The molecule has 1 fully saturated rings. The van der Waals surface area contributed by atoms with Crippen molar-refractivity contribution in [2.24, 2.45) is 5.92 Å². The number of halogens is 1. The SMILES string of the molecule is C=C(Nc1cncc(/C(C)=C/C=c2/[nH]nc(-c3cc4c(-c5cc(C)cc(F)c5)cncc4[nH]3)c2=C)c1)C1CCC1. The van der Waals surface area contributed by atoms with E-state index in [0.717, 1.165) is 72.1 Å². The second kappa shape index (κ2) is 10.4. The Hall–Kier alpha value is -4.78. The Balaban J connectivity index is 1.28. The van der Waals surface area contributed by atoms with Gasteiger partial charge in [-0.15, -0.1) is 0 Å². The topological polar surface area (TPSA) is 82.3 Å². The van der Waals surface area contributed by atoms with Gasteiger partial charge in [-0.3, -0.25) is 15.1 Å². The third-order valence-electron chi connectivity index (χ3n) is 7.65. The molecule has 200 valence electrons. The Bertz CT molecular complexity index is 1870. The molecule has 0 amide bonds. The van der Waals surface area contributed by atoms with Crippen LogP contribution in [0, 0.1) is 18.7 Å². The second-order valence-electron chi connectivity index (χ2n) is 10.6. The molecular weight excluding hydrogens is 499 g/mol. The molecule has 5 aromatic rings. The molecule has 0 bridgehead atoms. The van der Waals surface area contributed by atoms with E-state index in [-0.39, 0.29) is 5.82 Å². The Morgan fingerprint density at radius 1 is 1.07 bits per heavy atom. The first-order chi connectivity index (χ1) is 19.4. The van der Waals surface area contributed by atoms with E-state index < -0.39 is 0 Å². The van der Waals surface area contributed by atoms with Crippen molar-refractivity contribution in [1.82, 2.24) is 25.1 Å². The predicted molar refractivity (Wildman–Crippen MR) is 161 cm³/mol. The number of hydrogen-bond donors (Lipinski definition) is 3. The Morgan fingerprint density at radius 2 is 1.90 bits per heavy atom. The zero-order valence-electron chi connectivity index (χ0n) is 22.7. The summed E-state index contributed by atoms with van der Waals surface area (Å²) in [7, 11) is 0. The quantitative estimate of drug-likeness (QED) is 0.225. The van der Waals surface area contributed by atoms with Crippen molar-refractivity contribution in [3.63, 3.8) is 0 Å². The number of rotatable bonds is 7. The Kier molecular flexibility index (Phi) is 6.64. The normalized spacial score (nSPS) is 14.5. The lowest BCUT2D eigenvalue weighted by Gasteiger charge is -2.28. The number of hydrogen-bond acceptors (Lipinski definition) is 4. The summed E-state index contributed by atoms with van der Waals surface area (Å²) in [5.41, 5.74) is 8.98. The van der Waals surface area contributed by atoms with Crippen LogP contribution in [0.5, 0.6) is 0 Å². The van der Waals surface area contributed by atoms with Gasteiger partial charge in [0.05, 0.1) is 34.6 Å². The molecule has 4 aromatic heterocycles. The molecule has 4 heterocycles. The van der Waals surface area contributed by atoms with Gasteiger partial charge in [0.2, 0.25) is 0 Å². The summed E-state index contributed by atoms with van der Waals surface area (Å²) in [6.07, 6.45) is 14.9. The van der Waals surface area contributed by atoms with E-state index in [0.29, 0.717) is 5.92 Å². The lowest BCUT2D eigenvalue weighted by molar-refractivity contribution is 0.371. The molecule has 1 saturated carbocycles. The van der Waals surface area contributed by atoms with Crippen molar-refractivity contribution in [2.75, 3.05) is 5.32 Å². The van der Waals surface area contributed by atoms with E-state index in [4.69, 9.17) is 0 Å². The van der Waals surface area contributed by atoms with Crippen molar-refractivity contribution in [3.8, 4) is 22.5 Å². The van der Waals surface area contributed by atoms with Crippen LogP contribution in [0.4, 0.5) is 10.1 Å². The van der Waals surface area contributed by atoms with Gasteiger partial charge in [-0.05, 0) is 85.2 Å².